The number of nitrogens with one attached hydrogen (secondary N) is 1. The summed E-state index contributed by atoms with van der Waals surface area (Å²) in [6, 6.07) is 5.92. The van der Waals surface area contributed by atoms with E-state index in [0.29, 0.717) is 39.3 Å². The smallest absolute Gasteiger partial charge is 0.387 e. The van der Waals surface area contributed by atoms with Crippen molar-refractivity contribution in [1.82, 2.24) is 15.1 Å². The molecule has 0 bridgehead atoms. The Labute approximate surface area is 149 Å². The summed E-state index contributed by atoms with van der Waals surface area (Å²) in [5.41, 5.74) is 0.0902. The zero-order valence-electron chi connectivity index (χ0n) is 14.2. The summed E-state index contributed by atoms with van der Waals surface area (Å²) in [5.74, 6) is -0.623. The van der Waals surface area contributed by atoms with Gasteiger partial charge >= 0.3 is 6.61 Å². The normalized spacial score (nSPS) is 21.0. The fourth-order valence-corrected chi connectivity index (χ4v) is 3.07. The molecule has 1 aromatic rings. The quantitative estimate of drug-likeness (QED) is 0.840. The Morgan fingerprint density at radius 2 is 1.85 bits per heavy atom. The second-order valence-electron chi connectivity index (χ2n) is 6.06. The average molecular weight is 369 g/mol. The van der Waals surface area contributed by atoms with E-state index >= 15 is 0 Å². The Hall–Kier alpha value is -2.26. The Bertz CT molecular complexity index is 645. The summed E-state index contributed by atoms with van der Waals surface area (Å²) in [6.07, 6.45) is -0.494. The molecule has 0 aliphatic carbocycles. The lowest BCUT2D eigenvalue weighted by Crippen LogP contribution is -2.56. The van der Waals surface area contributed by atoms with Crippen LogP contribution in [0.4, 0.5) is 8.78 Å². The number of morpholine rings is 1. The summed E-state index contributed by atoms with van der Waals surface area (Å²) >= 11 is 0. The van der Waals surface area contributed by atoms with Crippen LogP contribution in [-0.2, 0) is 9.53 Å². The number of piperazine rings is 1. The molecule has 1 N–H and O–H groups in total. The van der Waals surface area contributed by atoms with Crippen molar-refractivity contribution in [3.05, 3.63) is 29.8 Å². The van der Waals surface area contributed by atoms with Gasteiger partial charge in [-0.05, 0) is 12.1 Å². The van der Waals surface area contributed by atoms with Crippen LogP contribution < -0.4 is 10.1 Å². The van der Waals surface area contributed by atoms with Gasteiger partial charge in [0.1, 0.15) is 11.9 Å². The van der Waals surface area contributed by atoms with E-state index < -0.39 is 12.7 Å². The lowest BCUT2D eigenvalue weighted by Gasteiger charge is -2.37. The van der Waals surface area contributed by atoms with Gasteiger partial charge in [-0.25, -0.2) is 0 Å². The third-order valence-corrected chi connectivity index (χ3v) is 4.42. The highest BCUT2D eigenvalue weighted by Gasteiger charge is 2.31. The van der Waals surface area contributed by atoms with Gasteiger partial charge in [0.05, 0.1) is 12.2 Å². The lowest BCUT2D eigenvalue weighted by atomic mass is 10.1. The molecular formula is C17H21F2N3O4. The molecule has 0 radical (unpaired) electrons. The van der Waals surface area contributed by atoms with Gasteiger partial charge in [-0.2, -0.15) is 8.78 Å². The van der Waals surface area contributed by atoms with Crippen LogP contribution >= 0.6 is 0 Å². The number of halogens is 2. The molecule has 9 heteroatoms. The summed E-state index contributed by atoms with van der Waals surface area (Å²) in [7, 11) is 0. The number of carbonyl (C=O) groups excluding carboxylic acids is 2. The Morgan fingerprint density at radius 1 is 1.15 bits per heavy atom. The van der Waals surface area contributed by atoms with E-state index in [1.165, 1.54) is 23.1 Å². The van der Waals surface area contributed by atoms with Gasteiger partial charge < -0.3 is 24.6 Å². The SMILES string of the molecule is O=C(c1ccccc1OC(F)F)N1CCN(C(=O)C2CNCCO2)CC1. The number of hydrogen-bond acceptors (Lipinski definition) is 5. The van der Waals surface area contributed by atoms with Crippen LogP contribution in [0, 0.1) is 0 Å². The maximum Gasteiger partial charge on any atom is 0.387 e. The topological polar surface area (TPSA) is 71.1 Å². The molecule has 2 aliphatic rings. The number of amides is 2. The summed E-state index contributed by atoms with van der Waals surface area (Å²) < 4.78 is 34.9. The Balaban J connectivity index is 1.59. The number of alkyl halides is 2. The fraction of sp³-hybridized carbons (Fsp3) is 0.529. The van der Waals surface area contributed by atoms with Crippen LogP contribution in [0.25, 0.3) is 0 Å². The Morgan fingerprint density at radius 3 is 2.50 bits per heavy atom. The van der Waals surface area contributed by atoms with Crippen molar-refractivity contribution in [1.29, 1.82) is 0 Å². The number of para-hydroxylation sites is 1. The van der Waals surface area contributed by atoms with Crippen LogP contribution in [0.15, 0.2) is 24.3 Å². The number of hydrogen-bond donors (Lipinski definition) is 1. The van der Waals surface area contributed by atoms with Gasteiger partial charge in [0, 0.05) is 39.3 Å². The molecule has 0 aromatic heterocycles. The molecule has 2 heterocycles. The van der Waals surface area contributed by atoms with Crippen LogP contribution in [-0.4, -0.2) is 80.2 Å². The molecule has 142 valence electrons. The van der Waals surface area contributed by atoms with E-state index in [1.807, 2.05) is 0 Å². The molecule has 1 atom stereocenters. The molecule has 0 spiro atoms. The van der Waals surface area contributed by atoms with E-state index in [2.05, 4.69) is 10.1 Å². The monoisotopic (exact) mass is 369 g/mol. The first-order valence-electron chi connectivity index (χ1n) is 8.50. The van der Waals surface area contributed by atoms with Crippen molar-refractivity contribution in [2.45, 2.75) is 12.7 Å². The van der Waals surface area contributed by atoms with Crippen LogP contribution in [0.3, 0.4) is 0 Å². The number of nitrogens with zero attached hydrogens (tertiary/aromatic N) is 2. The standard InChI is InChI=1S/C17H21F2N3O4/c18-17(19)26-13-4-2-1-3-12(13)15(23)21-6-8-22(9-7-21)16(24)14-11-20-5-10-25-14/h1-4,14,17,20H,5-11H2. The summed E-state index contributed by atoms with van der Waals surface area (Å²) in [6.45, 7) is 0.118. The highest BCUT2D eigenvalue weighted by molar-refractivity contribution is 5.97. The largest absolute Gasteiger partial charge is 0.434 e. The maximum absolute atomic E-state index is 12.6. The second-order valence-corrected chi connectivity index (χ2v) is 6.06. The molecule has 1 aromatic carbocycles. The van der Waals surface area contributed by atoms with Crippen LogP contribution in [0.1, 0.15) is 10.4 Å². The molecule has 2 amide bonds. The van der Waals surface area contributed by atoms with Gasteiger partial charge in [-0.3, -0.25) is 9.59 Å². The third kappa shape index (κ3) is 4.28. The van der Waals surface area contributed by atoms with E-state index in [0.717, 1.165) is 6.54 Å². The molecule has 2 saturated heterocycles. The predicted octanol–water partition coefficient (Wildman–Crippen LogP) is 0.561. The van der Waals surface area contributed by atoms with Crippen LogP contribution in [0.5, 0.6) is 5.75 Å². The van der Waals surface area contributed by atoms with Crippen molar-refractivity contribution in [3.8, 4) is 5.75 Å². The molecule has 1 unspecified atom stereocenters. The van der Waals surface area contributed by atoms with Gasteiger partial charge in [0.2, 0.25) is 0 Å². The zero-order chi connectivity index (χ0) is 18.5. The van der Waals surface area contributed by atoms with E-state index in [1.54, 1.807) is 11.0 Å². The summed E-state index contributed by atoms with van der Waals surface area (Å²) in [5, 5.41) is 3.11. The highest BCUT2D eigenvalue weighted by atomic mass is 19.3. The summed E-state index contributed by atoms with van der Waals surface area (Å²) in [4.78, 5) is 28.3. The van der Waals surface area contributed by atoms with Gasteiger partial charge in [-0.1, -0.05) is 12.1 Å². The van der Waals surface area contributed by atoms with Crippen LogP contribution in [0.2, 0.25) is 0 Å². The predicted molar refractivity (Wildman–Crippen MR) is 88.2 cm³/mol. The first kappa shape index (κ1) is 18.5. The number of ether oxygens (including phenoxy) is 2. The molecule has 2 fully saturated rings. The molecular weight excluding hydrogens is 348 g/mol. The molecule has 7 nitrogen and oxygen atoms in total. The minimum absolute atomic E-state index is 0.0902. The van der Waals surface area contributed by atoms with E-state index in [9.17, 15) is 18.4 Å². The first-order valence-corrected chi connectivity index (χ1v) is 8.50. The maximum atomic E-state index is 12.6. The lowest BCUT2D eigenvalue weighted by molar-refractivity contribution is -0.146. The highest BCUT2D eigenvalue weighted by Crippen LogP contribution is 2.22. The molecule has 3 rings (SSSR count). The number of rotatable bonds is 4. The van der Waals surface area contributed by atoms with E-state index in [-0.39, 0.29) is 23.1 Å². The number of benzene rings is 1. The zero-order valence-corrected chi connectivity index (χ0v) is 14.2. The molecule has 2 aliphatic heterocycles. The number of carbonyl (C=O) groups is 2. The molecule has 26 heavy (non-hydrogen) atoms. The van der Waals surface area contributed by atoms with E-state index in [4.69, 9.17) is 4.74 Å². The Kier molecular flexibility index (Phi) is 6.00. The van der Waals surface area contributed by atoms with Crippen molar-refractivity contribution in [2.24, 2.45) is 0 Å². The fourth-order valence-electron chi connectivity index (χ4n) is 3.07. The first-order chi connectivity index (χ1) is 12.6. The minimum Gasteiger partial charge on any atom is -0.434 e. The van der Waals surface area contributed by atoms with Gasteiger partial charge in [0.25, 0.3) is 11.8 Å². The molecule has 0 saturated carbocycles. The van der Waals surface area contributed by atoms with Gasteiger partial charge in [0.15, 0.2) is 0 Å². The van der Waals surface area contributed by atoms with Crippen molar-refractivity contribution >= 4 is 11.8 Å². The third-order valence-electron chi connectivity index (χ3n) is 4.42. The van der Waals surface area contributed by atoms with Crippen molar-refractivity contribution in [3.63, 3.8) is 0 Å². The minimum atomic E-state index is -3.00. The van der Waals surface area contributed by atoms with Crippen molar-refractivity contribution in [2.75, 3.05) is 45.9 Å². The van der Waals surface area contributed by atoms with Crippen molar-refractivity contribution < 1.29 is 27.8 Å². The average Bonchev–Trinajstić information content (AvgIpc) is 2.68. The second kappa shape index (κ2) is 8.41. The van der Waals surface area contributed by atoms with Gasteiger partial charge in [-0.15, -0.1) is 0 Å².